The molecule has 3 rings (SSSR count). The molecule has 4 nitrogen and oxygen atoms in total. The minimum atomic E-state index is 0.0237. The first kappa shape index (κ1) is 15.7. The number of Topliss-reactive ketones (excluding diaryl/α,β-unsaturated/α-hetero) is 1. The summed E-state index contributed by atoms with van der Waals surface area (Å²) in [4.78, 5) is 24.9. The van der Waals surface area contributed by atoms with E-state index < -0.39 is 0 Å². The normalized spacial score (nSPS) is 16.0. The maximum Gasteiger partial charge on any atom is 0.259 e. The van der Waals surface area contributed by atoms with Crippen LogP contribution in [0.15, 0.2) is 35.3 Å². The van der Waals surface area contributed by atoms with Gasteiger partial charge in [0.05, 0.1) is 17.1 Å². The molecular formula is C17H15N2O2S2+. The topological polar surface area (TPSA) is 49.2 Å². The van der Waals surface area contributed by atoms with Crippen LogP contribution in [-0.4, -0.2) is 22.6 Å². The number of rotatable bonds is 3. The van der Waals surface area contributed by atoms with Crippen LogP contribution in [-0.2, 0) is 4.79 Å². The number of nitrogens with zero attached hydrogens (tertiary/aromatic N) is 1. The van der Waals surface area contributed by atoms with E-state index in [1.807, 2.05) is 42.6 Å². The molecule has 116 valence electrons. The lowest BCUT2D eigenvalue weighted by Crippen LogP contribution is -2.10. The second-order valence-corrected chi connectivity index (χ2v) is 6.88. The number of allylic oxidation sites excluding steroid dienone is 1. The first-order valence-corrected chi connectivity index (χ1v) is 8.38. The molecule has 0 radical (unpaired) electrons. The number of nitrogens with one attached hydrogen (secondary N) is 1. The standard InChI is InChI=1S/C17H14N2O2S2/c1-10-3-4-11(6-15(10)19(2)21)12-5-13(23-9-12)7-14-16(20)8-17(22)18-14/h3-7,9H,8H2,1-2H3/p+1. The van der Waals surface area contributed by atoms with Gasteiger partial charge in [-0.1, -0.05) is 24.4 Å². The van der Waals surface area contributed by atoms with Crippen molar-refractivity contribution in [2.75, 3.05) is 7.05 Å². The maximum atomic E-state index is 11.8. The molecule has 0 spiro atoms. The van der Waals surface area contributed by atoms with Gasteiger partial charge in [0.2, 0.25) is 0 Å². The molecule has 2 heterocycles. The zero-order valence-electron chi connectivity index (χ0n) is 12.8. The van der Waals surface area contributed by atoms with E-state index in [9.17, 15) is 9.70 Å². The number of carbonyl (C=O) groups is 1. The molecule has 1 saturated heterocycles. The molecule has 0 bridgehead atoms. The third-order valence-corrected chi connectivity index (χ3v) is 4.81. The van der Waals surface area contributed by atoms with Crippen molar-refractivity contribution in [3.8, 4) is 11.1 Å². The van der Waals surface area contributed by atoms with Gasteiger partial charge in [-0.3, -0.25) is 4.79 Å². The Kier molecular flexibility index (Phi) is 4.19. The molecule has 2 aromatic rings. The van der Waals surface area contributed by atoms with E-state index in [2.05, 4.69) is 5.32 Å². The first-order valence-electron chi connectivity index (χ1n) is 7.09. The summed E-state index contributed by atoms with van der Waals surface area (Å²) < 4.78 is 0.871. The molecule has 1 fully saturated rings. The highest BCUT2D eigenvalue weighted by Crippen LogP contribution is 2.31. The predicted octanol–water partition coefficient (Wildman–Crippen LogP) is 3.99. The average molecular weight is 343 g/mol. The number of aryl methyl sites for hydroxylation is 1. The van der Waals surface area contributed by atoms with Crippen molar-refractivity contribution < 1.29 is 9.55 Å². The van der Waals surface area contributed by atoms with Crippen LogP contribution in [0.4, 0.5) is 5.69 Å². The molecule has 23 heavy (non-hydrogen) atoms. The van der Waals surface area contributed by atoms with Gasteiger partial charge >= 0.3 is 0 Å². The third-order valence-electron chi connectivity index (χ3n) is 3.68. The van der Waals surface area contributed by atoms with E-state index in [0.29, 0.717) is 16.4 Å². The van der Waals surface area contributed by atoms with Crippen LogP contribution in [0, 0.1) is 11.8 Å². The fourth-order valence-corrected chi connectivity index (χ4v) is 3.56. The summed E-state index contributed by atoms with van der Waals surface area (Å²) in [6.45, 7) is 1.91. The summed E-state index contributed by atoms with van der Waals surface area (Å²) in [5.74, 6) is 0.0237. The maximum absolute atomic E-state index is 11.8. The quantitative estimate of drug-likeness (QED) is 0.520. The highest BCUT2D eigenvalue weighted by molar-refractivity contribution is 7.80. The van der Waals surface area contributed by atoms with Crippen LogP contribution < -0.4 is 5.32 Å². The number of carbonyl (C=O) groups excluding carboxylic acids is 1. The number of benzene rings is 1. The summed E-state index contributed by atoms with van der Waals surface area (Å²) in [7, 11) is 1.50. The van der Waals surface area contributed by atoms with Gasteiger partial charge in [-0.15, -0.1) is 11.3 Å². The molecule has 6 heteroatoms. The van der Waals surface area contributed by atoms with Gasteiger partial charge < -0.3 is 5.32 Å². The highest BCUT2D eigenvalue weighted by Gasteiger charge is 2.21. The largest absolute Gasteiger partial charge is 0.347 e. The van der Waals surface area contributed by atoms with Crippen molar-refractivity contribution in [2.24, 2.45) is 0 Å². The molecular weight excluding hydrogens is 328 g/mol. The number of thiophene rings is 1. The van der Waals surface area contributed by atoms with Gasteiger partial charge in [-0.2, -0.15) is 0 Å². The molecule has 1 aliphatic rings. The third kappa shape index (κ3) is 3.28. The van der Waals surface area contributed by atoms with Crippen molar-refractivity contribution >= 4 is 46.1 Å². The fourth-order valence-electron chi connectivity index (χ4n) is 2.47. The summed E-state index contributed by atoms with van der Waals surface area (Å²) >= 11 is 6.57. The zero-order valence-corrected chi connectivity index (χ0v) is 14.4. The molecule has 0 aliphatic carbocycles. The highest BCUT2D eigenvalue weighted by atomic mass is 32.1. The van der Waals surface area contributed by atoms with Crippen LogP contribution in [0.5, 0.6) is 0 Å². The van der Waals surface area contributed by atoms with Crippen LogP contribution >= 0.6 is 23.6 Å². The Morgan fingerprint density at radius 3 is 2.74 bits per heavy atom. The summed E-state index contributed by atoms with van der Waals surface area (Å²) in [6, 6.07) is 7.83. The second kappa shape index (κ2) is 6.14. The molecule has 1 N–H and O–H groups in total. The van der Waals surface area contributed by atoms with Gasteiger partial charge in [0.1, 0.15) is 0 Å². The van der Waals surface area contributed by atoms with Crippen molar-refractivity contribution in [1.82, 2.24) is 5.32 Å². The Labute approximate surface area is 143 Å². The van der Waals surface area contributed by atoms with Gasteiger partial charge in [-0.05, 0) is 35.6 Å². The van der Waals surface area contributed by atoms with E-state index in [1.54, 1.807) is 11.3 Å². The van der Waals surface area contributed by atoms with Crippen molar-refractivity contribution in [2.45, 2.75) is 13.3 Å². The van der Waals surface area contributed by atoms with Crippen molar-refractivity contribution in [1.29, 1.82) is 0 Å². The number of hydrogen-bond acceptors (Lipinski definition) is 4. The molecule has 0 unspecified atom stereocenters. The van der Waals surface area contributed by atoms with Gasteiger partial charge in [0.15, 0.2) is 12.8 Å². The van der Waals surface area contributed by atoms with Gasteiger partial charge in [-0.25, -0.2) is 0 Å². The Balaban J connectivity index is 1.92. The van der Waals surface area contributed by atoms with E-state index in [1.165, 1.54) is 7.05 Å². The SMILES string of the molecule is Cc1ccc(-c2csc(C=C3NC(=S)CC3=O)c2)cc1[N+](C)=O. The Hall–Kier alpha value is -2.18. The molecule has 0 saturated carbocycles. The molecule has 1 aromatic carbocycles. The zero-order chi connectivity index (χ0) is 16.6. The summed E-state index contributed by atoms with van der Waals surface area (Å²) in [5, 5.41) is 4.95. The lowest BCUT2D eigenvalue weighted by atomic mass is 10.0. The molecule has 0 atom stereocenters. The number of hydrogen-bond donors (Lipinski definition) is 1. The Bertz CT molecular complexity index is 865. The summed E-state index contributed by atoms with van der Waals surface area (Å²) in [5.41, 5.74) is 4.16. The summed E-state index contributed by atoms with van der Waals surface area (Å²) in [6.07, 6.45) is 2.11. The minimum Gasteiger partial charge on any atom is -0.347 e. The molecule has 1 aliphatic heterocycles. The first-order chi connectivity index (χ1) is 10.9. The van der Waals surface area contributed by atoms with E-state index >= 15 is 0 Å². The van der Waals surface area contributed by atoms with Crippen molar-refractivity contribution in [3.63, 3.8) is 0 Å². The smallest absolute Gasteiger partial charge is 0.259 e. The fraction of sp³-hybridized carbons (Fsp3) is 0.176. The van der Waals surface area contributed by atoms with E-state index in [0.717, 1.165) is 26.3 Å². The van der Waals surface area contributed by atoms with E-state index in [-0.39, 0.29) is 12.2 Å². The molecule has 0 amide bonds. The van der Waals surface area contributed by atoms with Crippen LogP contribution in [0.25, 0.3) is 17.2 Å². The van der Waals surface area contributed by atoms with E-state index in [4.69, 9.17) is 12.2 Å². The van der Waals surface area contributed by atoms with Crippen LogP contribution in [0.1, 0.15) is 16.9 Å². The van der Waals surface area contributed by atoms with Crippen LogP contribution in [0.2, 0.25) is 0 Å². The van der Waals surface area contributed by atoms with Crippen molar-refractivity contribution in [3.05, 3.63) is 50.7 Å². The predicted molar refractivity (Wildman–Crippen MR) is 97.0 cm³/mol. The monoisotopic (exact) mass is 343 g/mol. The number of nitroso groups, excluding NO2 is 1. The second-order valence-electron chi connectivity index (χ2n) is 5.44. The van der Waals surface area contributed by atoms with Gasteiger partial charge in [0, 0.05) is 26.2 Å². The lowest BCUT2D eigenvalue weighted by Gasteiger charge is -2.00. The minimum absolute atomic E-state index is 0.0237. The lowest BCUT2D eigenvalue weighted by molar-refractivity contribution is -0.428. The van der Waals surface area contributed by atoms with Crippen LogP contribution in [0.3, 0.4) is 0 Å². The Morgan fingerprint density at radius 2 is 2.09 bits per heavy atom. The average Bonchev–Trinajstić information content (AvgIpc) is 3.06. The van der Waals surface area contributed by atoms with Gasteiger partial charge in [0.25, 0.3) is 5.69 Å². The Morgan fingerprint density at radius 1 is 1.30 bits per heavy atom. The number of ketones is 1. The number of thiocarbonyl (C=S) groups is 1. The molecule has 1 aromatic heterocycles.